The van der Waals surface area contributed by atoms with Gasteiger partial charge in [0.2, 0.25) is 0 Å². The quantitative estimate of drug-likeness (QED) is 0.193. The van der Waals surface area contributed by atoms with Crippen molar-refractivity contribution in [2.75, 3.05) is 46.1 Å². The van der Waals surface area contributed by atoms with Gasteiger partial charge in [-0.15, -0.1) is 24.0 Å². The molecule has 0 spiro atoms. The van der Waals surface area contributed by atoms with Crippen LogP contribution in [0.5, 0.6) is 0 Å². The van der Waals surface area contributed by atoms with E-state index in [0.29, 0.717) is 36.3 Å². The van der Waals surface area contributed by atoms with Crippen molar-refractivity contribution in [3.8, 4) is 11.6 Å². The summed E-state index contributed by atoms with van der Waals surface area (Å²) >= 11 is 0. The Balaban J connectivity index is 0.00000341. The van der Waals surface area contributed by atoms with Crippen LogP contribution in [-0.4, -0.2) is 67.1 Å². The molecule has 10 heteroatoms. The van der Waals surface area contributed by atoms with Gasteiger partial charge < -0.3 is 24.6 Å². The second-order valence-corrected chi connectivity index (χ2v) is 7.15. The first-order chi connectivity index (χ1) is 14.8. The third kappa shape index (κ3) is 9.48. The van der Waals surface area contributed by atoms with Gasteiger partial charge in [0.25, 0.3) is 5.89 Å². The molecule has 3 heterocycles. The van der Waals surface area contributed by atoms with Gasteiger partial charge >= 0.3 is 0 Å². The first-order valence-electron chi connectivity index (χ1n) is 10.8. The smallest absolute Gasteiger partial charge is 0.276 e. The molecule has 0 saturated carbocycles. The fourth-order valence-electron chi connectivity index (χ4n) is 3.10. The van der Waals surface area contributed by atoms with Gasteiger partial charge in [0, 0.05) is 58.7 Å². The molecule has 172 valence electrons. The van der Waals surface area contributed by atoms with Crippen molar-refractivity contribution < 1.29 is 14.0 Å². The molecular weight excluding hydrogens is 511 g/mol. The Hall–Kier alpha value is -1.79. The lowest BCUT2D eigenvalue weighted by Crippen LogP contribution is -2.38. The number of rotatable bonds is 11. The first kappa shape index (κ1) is 25.5. The highest BCUT2D eigenvalue weighted by Crippen LogP contribution is 2.15. The average Bonchev–Trinajstić information content (AvgIpc) is 3.26. The van der Waals surface area contributed by atoms with Crippen LogP contribution in [0, 0.1) is 5.92 Å². The van der Waals surface area contributed by atoms with E-state index >= 15 is 0 Å². The SMILES string of the molecule is CCNC(=NCCCOCC1CCOCC1)NCCc1noc(-c2ccccn2)n1.I. The molecule has 0 bridgehead atoms. The van der Waals surface area contributed by atoms with E-state index in [2.05, 4.69) is 30.8 Å². The van der Waals surface area contributed by atoms with Gasteiger partial charge in [-0.05, 0) is 44.2 Å². The van der Waals surface area contributed by atoms with Crippen LogP contribution in [0.4, 0.5) is 0 Å². The number of hydrogen-bond acceptors (Lipinski definition) is 7. The second-order valence-electron chi connectivity index (χ2n) is 7.15. The number of nitrogens with zero attached hydrogens (tertiary/aromatic N) is 4. The molecule has 0 aromatic carbocycles. The van der Waals surface area contributed by atoms with Gasteiger partial charge in [-0.3, -0.25) is 9.98 Å². The average molecular weight is 544 g/mol. The van der Waals surface area contributed by atoms with Crippen LogP contribution >= 0.6 is 24.0 Å². The molecule has 1 fully saturated rings. The monoisotopic (exact) mass is 544 g/mol. The van der Waals surface area contributed by atoms with Crippen LogP contribution in [0.3, 0.4) is 0 Å². The van der Waals surface area contributed by atoms with Crippen molar-refractivity contribution in [1.29, 1.82) is 0 Å². The topological polar surface area (TPSA) is 107 Å². The molecule has 1 aliphatic heterocycles. The Morgan fingerprint density at radius 2 is 2.13 bits per heavy atom. The number of guanidine groups is 1. The maximum absolute atomic E-state index is 5.79. The predicted molar refractivity (Wildman–Crippen MR) is 130 cm³/mol. The minimum absolute atomic E-state index is 0. The maximum Gasteiger partial charge on any atom is 0.276 e. The summed E-state index contributed by atoms with van der Waals surface area (Å²) in [5.41, 5.74) is 0.679. The van der Waals surface area contributed by atoms with E-state index in [0.717, 1.165) is 64.7 Å². The standard InChI is InChI=1S/C21H32N6O3.HI/c1-2-22-21(24-11-5-13-29-16-17-8-14-28-15-9-17)25-12-7-19-26-20(30-27-19)18-6-3-4-10-23-18;/h3-4,6,10,17H,2,5,7-9,11-16H2,1H3,(H2,22,24,25);1H. The third-order valence-electron chi connectivity index (χ3n) is 4.75. The molecule has 2 N–H and O–H groups in total. The van der Waals surface area contributed by atoms with Crippen LogP contribution in [0.2, 0.25) is 0 Å². The molecule has 2 aromatic rings. The van der Waals surface area contributed by atoms with Crippen LogP contribution in [0.1, 0.15) is 32.0 Å². The lowest BCUT2D eigenvalue weighted by atomic mass is 10.0. The zero-order valence-electron chi connectivity index (χ0n) is 18.1. The van der Waals surface area contributed by atoms with Crippen molar-refractivity contribution in [2.24, 2.45) is 10.9 Å². The molecule has 0 aliphatic carbocycles. The molecule has 9 nitrogen and oxygen atoms in total. The van der Waals surface area contributed by atoms with Crippen LogP contribution in [-0.2, 0) is 15.9 Å². The normalized spacial score (nSPS) is 14.8. The molecule has 0 atom stereocenters. The Labute approximate surface area is 200 Å². The van der Waals surface area contributed by atoms with Crippen molar-refractivity contribution >= 4 is 29.9 Å². The van der Waals surface area contributed by atoms with Crippen molar-refractivity contribution in [3.63, 3.8) is 0 Å². The molecule has 0 amide bonds. The van der Waals surface area contributed by atoms with E-state index in [9.17, 15) is 0 Å². The number of pyridine rings is 1. The molecule has 1 aliphatic rings. The van der Waals surface area contributed by atoms with Gasteiger partial charge in [0.15, 0.2) is 11.8 Å². The van der Waals surface area contributed by atoms with Gasteiger partial charge in [0.1, 0.15) is 5.69 Å². The number of ether oxygens (including phenoxy) is 2. The minimum Gasteiger partial charge on any atom is -0.381 e. The Morgan fingerprint density at radius 1 is 1.26 bits per heavy atom. The summed E-state index contributed by atoms with van der Waals surface area (Å²) in [5.74, 6) is 2.51. The number of halogens is 1. The van der Waals surface area contributed by atoms with E-state index in [1.165, 1.54) is 0 Å². The van der Waals surface area contributed by atoms with Gasteiger partial charge in [-0.2, -0.15) is 4.98 Å². The molecule has 2 aromatic heterocycles. The number of aliphatic imine (C=N–C) groups is 1. The fraction of sp³-hybridized carbons (Fsp3) is 0.619. The van der Waals surface area contributed by atoms with Crippen LogP contribution < -0.4 is 10.6 Å². The van der Waals surface area contributed by atoms with Crippen molar-refractivity contribution in [1.82, 2.24) is 25.8 Å². The zero-order valence-corrected chi connectivity index (χ0v) is 20.4. The zero-order chi connectivity index (χ0) is 20.9. The highest BCUT2D eigenvalue weighted by molar-refractivity contribution is 14.0. The van der Waals surface area contributed by atoms with Crippen LogP contribution in [0.25, 0.3) is 11.6 Å². The Kier molecular flexibility index (Phi) is 12.4. The molecule has 0 unspecified atom stereocenters. The molecular formula is C21H33IN6O3. The lowest BCUT2D eigenvalue weighted by Gasteiger charge is -2.21. The lowest BCUT2D eigenvalue weighted by molar-refractivity contribution is 0.0205. The summed E-state index contributed by atoms with van der Waals surface area (Å²) in [5, 5.41) is 10.6. The molecule has 0 radical (unpaired) electrons. The summed E-state index contributed by atoms with van der Waals surface area (Å²) in [6, 6.07) is 5.59. The molecule has 1 saturated heterocycles. The minimum atomic E-state index is 0. The van der Waals surface area contributed by atoms with Gasteiger partial charge in [0.05, 0.1) is 0 Å². The maximum atomic E-state index is 5.79. The summed E-state index contributed by atoms with van der Waals surface area (Å²) in [4.78, 5) is 13.2. The number of hydrogen-bond donors (Lipinski definition) is 2. The van der Waals surface area contributed by atoms with E-state index in [1.54, 1.807) is 6.20 Å². The van der Waals surface area contributed by atoms with E-state index < -0.39 is 0 Å². The van der Waals surface area contributed by atoms with E-state index in [-0.39, 0.29) is 24.0 Å². The van der Waals surface area contributed by atoms with Crippen molar-refractivity contribution in [3.05, 3.63) is 30.2 Å². The predicted octanol–water partition coefficient (Wildman–Crippen LogP) is 2.68. The molecule has 31 heavy (non-hydrogen) atoms. The van der Waals surface area contributed by atoms with Gasteiger partial charge in [-0.25, -0.2) is 0 Å². The first-order valence-corrected chi connectivity index (χ1v) is 10.8. The Morgan fingerprint density at radius 3 is 2.90 bits per heavy atom. The Bertz CT molecular complexity index is 753. The summed E-state index contributed by atoms with van der Waals surface area (Å²) in [6.45, 7) is 7.53. The van der Waals surface area contributed by atoms with Gasteiger partial charge in [-0.1, -0.05) is 11.2 Å². The van der Waals surface area contributed by atoms with Crippen molar-refractivity contribution in [2.45, 2.75) is 32.6 Å². The highest BCUT2D eigenvalue weighted by Gasteiger charge is 2.13. The number of nitrogens with one attached hydrogen (secondary N) is 2. The van der Waals surface area contributed by atoms with E-state index in [4.69, 9.17) is 14.0 Å². The van der Waals surface area contributed by atoms with Crippen LogP contribution in [0.15, 0.2) is 33.9 Å². The largest absolute Gasteiger partial charge is 0.381 e. The number of aromatic nitrogens is 3. The second kappa shape index (κ2) is 15.1. The molecule has 3 rings (SSSR count). The highest BCUT2D eigenvalue weighted by atomic mass is 127. The summed E-state index contributed by atoms with van der Waals surface area (Å²) in [6.07, 6.45) is 5.45. The van der Waals surface area contributed by atoms with E-state index in [1.807, 2.05) is 25.1 Å². The summed E-state index contributed by atoms with van der Waals surface area (Å²) in [7, 11) is 0. The summed E-state index contributed by atoms with van der Waals surface area (Å²) < 4.78 is 16.5. The fourth-order valence-corrected chi connectivity index (χ4v) is 3.10. The third-order valence-corrected chi connectivity index (χ3v) is 4.75.